The number of fused-ring (bicyclic) bond motifs is 1. The molecule has 118 valence electrons. The lowest BCUT2D eigenvalue weighted by molar-refractivity contribution is 0.451. The van der Waals surface area contributed by atoms with Crippen LogP contribution >= 0.6 is 0 Å². The van der Waals surface area contributed by atoms with Gasteiger partial charge in [0.15, 0.2) is 0 Å². The fourth-order valence-corrected chi connectivity index (χ4v) is 1.93. The molecule has 1 aromatic heterocycles. The second kappa shape index (κ2) is 7.17. The van der Waals surface area contributed by atoms with Crippen LogP contribution in [0.15, 0.2) is 69.9 Å². The number of phenols is 2. The maximum Gasteiger partial charge on any atom is 0.347 e. The third-order valence-electron chi connectivity index (χ3n) is 2.95. The van der Waals surface area contributed by atoms with Crippen molar-refractivity contribution in [2.45, 2.75) is 6.92 Å². The molecule has 2 aromatic rings. The Morgan fingerprint density at radius 2 is 1.52 bits per heavy atom. The van der Waals surface area contributed by atoms with Crippen LogP contribution in [0.1, 0.15) is 5.76 Å². The Kier molecular flexibility index (Phi) is 5.04. The molecule has 0 fully saturated rings. The van der Waals surface area contributed by atoms with Gasteiger partial charge in [-0.2, -0.15) is 0 Å². The zero-order chi connectivity index (χ0) is 16.8. The van der Waals surface area contributed by atoms with E-state index < -0.39 is 5.63 Å². The Morgan fingerprint density at radius 1 is 0.826 bits per heavy atom. The maximum absolute atomic E-state index is 12.2. The van der Waals surface area contributed by atoms with Crippen LogP contribution < -0.4 is 5.63 Å². The van der Waals surface area contributed by atoms with Crippen LogP contribution in [0.2, 0.25) is 0 Å². The van der Waals surface area contributed by atoms with Crippen LogP contribution in [0.5, 0.6) is 17.2 Å². The Bertz CT molecular complexity index is 897. The fraction of sp³-hybridized carbons (Fsp3) is 0.0556. The highest BCUT2D eigenvalue weighted by Gasteiger charge is 2.05. The summed E-state index contributed by atoms with van der Waals surface area (Å²) in [5.41, 5.74) is -0.745. The molecule has 0 aliphatic heterocycles. The number of phenolic OH excluding ortho intramolecular Hbond substituents is 2. The lowest BCUT2D eigenvalue weighted by Crippen LogP contribution is -1.97. The molecule has 0 atom stereocenters. The summed E-state index contributed by atoms with van der Waals surface area (Å²) in [4.78, 5) is 12.2. The molecule has 0 radical (unpaired) electrons. The second-order valence-corrected chi connectivity index (χ2v) is 4.79. The minimum Gasteiger partial charge on any atom is -0.508 e. The third kappa shape index (κ3) is 4.38. The number of hydrogen-bond acceptors (Lipinski definition) is 5. The lowest BCUT2D eigenvalue weighted by Gasteiger charge is -1.98. The van der Waals surface area contributed by atoms with Gasteiger partial charge in [0.05, 0.1) is 0 Å². The molecule has 0 saturated heterocycles. The van der Waals surface area contributed by atoms with Crippen LogP contribution in [-0.4, -0.2) is 15.3 Å². The van der Waals surface area contributed by atoms with Gasteiger partial charge in [0, 0.05) is 6.07 Å². The average Bonchev–Trinajstić information content (AvgIpc) is 2.45. The van der Waals surface area contributed by atoms with Crippen molar-refractivity contribution in [3.8, 4) is 17.2 Å². The van der Waals surface area contributed by atoms with Gasteiger partial charge in [0.25, 0.3) is 0 Å². The summed E-state index contributed by atoms with van der Waals surface area (Å²) in [5, 5.41) is 29.4. The molecule has 0 aliphatic carbocycles. The van der Waals surface area contributed by atoms with Gasteiger partial charge >= 0.3 is 5.63 Å². The number of hydrogen-bond donors (Lipinski definition) is 3. The molecule has 3 N–H and O–H groups in total. The topological polar surface area (TPSA) is 90.9 Å². The van der Waals surface area contributed by atoms with Crippen molar-refractivity contribution in [3.05, 3.63) is 76.8 Å². The molecule has 5 heteroatoms. The van der Waals surface area contributed by atoms with Gasteiger partial charge in [-0.1, -0.05) is 30.3 Å². The van der Waals surface area contributed by atoms with Crippen LogP contribution in [0.25, 0.3) is 10.8 Å². The Morgan fingerprint density at radius 3 is 2.30 bits per heavy atom. The van der Waals surface area contributed by atoms with E-state index in [9.17, 15) is 20.1 Å². The van der Waals surface area contributed by atoms with Crippen LogP contribution in [-0.2, 0) is 0 Å². The van der Waals surface area contributed by atoms with Gasteiger partial charge in [-0.3, -0.25) is 0 Å². The third-order valence-corrected chi connectivity index (χ3v) is 2.95. The van der Waals surface area contributed by atoms with E-state index in [4.69, 9.17) is 4.42 Å². The van der Waals surface area contributed by atoms with Gasteiger partial charge in [0.1, 0.15) is 28.4 Å². The zero-order valence-corrected chi connectivity index (χ0v) is 12.4. The normalized spacial score (nSPS) is 9.78. The van der Waals surface area contributed by atoms with Crippen LogP contribution in [0.3, 0.4) is 0 Å². The maximum atomic E-state index is 12.2. The molecule has 0 spiro atoms. The molecule has 23 heavy (non-hydrogen) atoms. The zero-order valence-electron chi connectivity index (χ0n) is 12.4. The standard InChI is InChI=1S/C18H16O5/c1-12-6-5-9-14(19)8-4-2-3-7-13-10-15(20)11-16(21)17(13)18(22)23-12/h2-11,19-21H,1H3. The summed E-state index contributed by atoms with van der Waals surface area (Å²) in [6.07, 6.45) is 0. The minimum atomic E-state index is -0.745. The van der Waals surface area contributed by atoms with Gasteiger partial charge in [-0.05, 0) is 36.6 Å². The molecule has 5 nitrogen and oxygen atoms in total. The number of rotatable bonds is 0. The van der Waals surface area contributed by atoms with Crippen molar-refractivity contribution in [1.29, 1.82) is 0 Å². The van der Waals surface area contributed by atoms with E-state index in [1.807, 2.05) is 0 Å². The van der Waals surface area contributed by atoms with Gasteiger partial charge in [-0.25, -0.2) is 4.79 Å². The summed E-state index contributed by atoms with van der Waals surface area (Å²) in [7, 11) is 0. The van der Waals surface area contributed by atoms with Crippen molar-refractivity contribution in [2.24, 2.45) is 0 Å². The molecule has 2 rings (SSSR count). The predicted octanol–water partition coefficient (Wildman–Crippen LogP) is 3.47. The first-order valence-electron chi connectivity index (χ1n) is 6.84. The summed E-state index contributed by atoms with van der Waals surface area (Å²) >= 11 is 0. The predicted molar refractivity (Wildman–Crippen MR) is 87.5 cm³/mol. The summed E-state index contributed by atoms with van der Waals surface area (Å²) in [6.45, 7) is 1.57. The highest BCUT2D eigenvalue weighted by molar-refractivity contribution is 5.87. The van der Waals surface area contributed by atoms with Crippen molar-refractivity contribution in [3.63, 3.8) is 0 Å². The van der Waals surface area contributed by atoms with Gasteiger partial charge in [-0.15, -0.1) is 0 Å². The first-order chi connectivity index (χ1) is 11.0. The van der Waals surface area contributed by atoms with E-state index in [2.05, 4.69) is 0 Å². The molecule has 1 heterocycles. The number of aromatic hydroxyl groups is 3. The monoisotopic (exact) mass is 312 g/mol. The molecule has 0 amide bonds. The van der Waals surface area contributed by atoms with Crippen molar-refractivity contribution in [2.75, 3.05) is 0 Å². The fourth-order valence-electron chi connectivity index (χ4n) is 1.93. The molecule has 0 saturated carbocycles. The summed E-state index contributed by atoms with van der Waals surface area (Å²) < 4.78 is 5.15. The van der Waals surface area contributed by atoms with Crippen molar-refractivity contribution < 1.29 is 19.7 Å². The number of aryl methyl sites for hydroxylation is 1. The summed E-state index contributed by atoms with van der Waals surface area (Å²) in [6, 6.07) is 14.8. The van der Waals surface area contributed by atoms with Crippen molar-refractivity contribution in [1.82, 2.24) is 0 Å². The highest BCUT2D eigenvalue weighted by Crippen LogP contribution is 2.26. The largest absolute Gasteiger partial charge is 0.508 e. The van der Waals surface area contributed by atoms with Crippen LogP contribution in [0, 0.1) is 6.92 Å². The van der Waals surface area contributed by atoms with Crippen molar-refractivity contribution >= 4 is 10.8 Å². The van der Waals surface area contributed by atoms with Gasteiger partial charge in [0.2, 0.25) is 0 Å². The molecular weight excluding hydrogens is 296 g/mol. The van der Waals surface area contributed by atoms with E-state index >= 15 is 0 Å². The van der Waals surface area contributed by atoms with Crippen LogP contribution in [0.4, 0.5) is 0 Å². The lowest BCUT2D eigenvalue weighted by atomic mass is 10.1. The van der Waals surface area contributed by atoms with E-state index in [-0.39, 0.29) is 28.4 Å². The molecular formula is C18H16O5. The average molecular weight is 312 g/mol. The van der Waals surface area contributed by atoms with E-state index in [0.29, 0.717) is 5.39 Å². The Labute approximate surface area is 132 Å². The Balaban J connectivity index is 2.95. The highest BCUT2D eigenvalue weighted by atomic mass is 16.4. The summed E-state index contributed by atoms with van der Waals surface area (Å²) in [5.74, 6) is -0.213. The molecule has 0 bridgehead atoms. The van der Waals surface area contributed by atoms with E-state index in [1.54, 1.807) is 25.1 Å². The van der Waals surface area contributed by atoms with E-state index in [0.717, 1.165) is 6.07 Å². The second-order valence-electron chi connectivity index (χ2n) is 4.79. The number of benzene rings is 1. The molecule has 0 aliphatic rings. The first kappa shape index (κ1) is 16.2. The Hall–Kier alpha value is -3.21. The molecule has 0 unspecified atom stereocenters. The quantitative estimate of drug-likeness (QED) is 0.693. The first-order valence-corrected chi connectivity index (χ1v) is 6.84. The minimum absolute atomic E-state index is 0.0396. The smallest absolute Gasteiger partial charge is 0.347 e. The van der Waals surface area contributed by atoms with E-state index in [1.165, 1.54) is 36.4 Å². The van der Waals surface area contributed by atoms with Gasteiger partial charge < -0.3 is 19.7 Å². The SMILES string of the molecule is Cc1cccc(O)cccccc2cc(O)cc(O)c2c(=O)o1. The molecule has 1 aromatic carbocycles.